The molecule has 9 nitrogen and oxygen atoms in total. The summed E-state index contributed by atoms with van der Waals surface area (Å²) < 4.78 is 11.9. The zero-order chi connectivity index (χ0) is 24.1. The van der Waals surface area contributed by atoms with Gasteiger partial charge in [0.25, 0.3) is 5.91 Å². The second kappa shape index (κ2) is 11.2. The molecule has 1 saturated heterocycles. The van der Waals surface area contributed by atoms with Crippen LogP contribution in [-0.4, -0.2) is 94.4 Å². The van der Waals surface area contributed by atoms with Crippen LogP contribution in [0.3, 0.4) is 0 Å². The number of nitrogens with zero attached hydrogens (tertiary/aromatic N) is 5. The van der Waals surface area contributed by atoms with E-state index in [9.17, 15) is 9.90 Å². The van der Waals surface area contributed by atoms with Crippen LogP contribution < -0.4 is 4.74 Å². The Kier molecular flexibility index (Phi) is 8.07. The molecule has 184 valence electrons. The van der Waals surface area contributed by atoms with Crippen molar-refractivity contribution in [3.05, 3.63) is 36.5 Å². The Hall–Kier alpha value is -2.62. The standard InChI is InChI=1S/C25H35N5O4/c1-17-12-30(18(2)15-31)25(32)22-8-20(21-9-26-16-27-10-21)11-28-24(22)34-23(17)14-29(3)13-19-4-6-33-7-5-19/h8-11,16-19,23,31H,4-7,12-15H2,1-3H3/t17-,18-,23+/m1/s1. The topological polar surface area (TPSA) is 101 Å². The number of pyridine rings is 1. The lowest BCUT2D eigenvalue weighted by Gasteiger charge is -2.38. The molecular formula is C25H35N5O4. The molecule has 0 radical (unpaired) electrons. The van der Waals surface area contributed by atoms with Crippen LogP contribution in [-0.2, 0) is 4.74 Å². The first kappa shape index (κ1) is 24.5. The number of carbonyl (C=O) groups is 1. The predicted octanol–water partition coefficient (Wildman–Crippen LogP) is 2.12. The van der Waals surface area contributed by atoms with Crippen LogP contribution in [0.1, 0.15) is 37.0 Å². The van der Waals surface area contributed by atoms with Crippen LogP contribution in [0.5, 0.6) is 5.88 Å². The van der Waals surface area contributed by atoms with Gasteiger partial charge >= 0.3 is 0 Å². The molecule has 1 fully saturated rings. The lowest BCUT2D eigenvalue weighted by molar-refractivity contribution is 0.0254. The van der Waals surface area contributed by atoms with Crippen LogP contribution in [0.25, 0.3) is 11.1 Å². The number of aliphatic hydroxyl groups is 1. The number of aliphatic hydroxyl groups excluding tert-OH is 1. The molecule has 0 aliphatic carbocycles. The Morgan fingerprint density at radius 2 is 1.91 bits per heavy atom. The number of hydrogen-bond donors (Lipinski definition) is 1. The van der Waals surface area contributed by atoms with Crippen molar-refractivity contribution in [3.63, 3.8) is 0 Å². The van der Waals surface area contributed by atoms with Crippen molar-refractivity contribution >= 4 is 5.91 Å². The molecular weight excluding hydrogens is 434 g/mol. The number of amides is 1. The molecule has 9 heteroatoms. The molecule has 2 aliphatic rings. The molecule has 0 saturated carbocycles. The summed E-state index contributed by atoms with van der Waals surface area (Å²) in [5.41, 5.74) is 1.91. The highest BCUT2D eigenvalue weighted by Crippen LogP contribution is 2.30. The fourth-order valence-electron chi connectivity index (χ4n) is 4.68. The Morgan fingerprint density at radius 1 is 1.18 bits per heavy atom. The van der Waals surface area contributed by atoms with Gasteiger partial charge in [-0.3, -0.25) is 4.79 Å². The first-order valence-corrected chi connectivity index (χ1v) is 12.1. The lowest BCUT2D eigenvalue weighted by Crippen LogP contribution is -2.50. The monoisotopic (exact) mass is 469 g/mol. The van der Waals surface area contributed by atoms with E-state index in [1.165, 1.54) is 6.33 Å². The van der Waals surface area contributed by atoms with Crippen molar-refractivity contribution in [2.75, 3.05) is 46.5 Å². The Morgan fingerprint density at radius 3 is 2.62 bits per heavy atom. The normalized spacial score (nSPS) is 22.6. The van der Waals surface area contributed by atoms with E-state index in [-0.39, 0.29) is 30.6 Å². The maximum Gasteiger partial charge on any atom is 0.259 e. The van der Waals surface area contributed by atoms with Crippen molar-refractivity contribution in [2.45, 2.75) is 38.8 Å². The number of fused-ring (bicyclic) bond motifs is 1. The average molecular weight is 470 g/mol. The minimum absolute atomic E-state index is 0.0623. The largest absolute Gasteiger partial charge is 0.472 e. The summed E-state index contributed by atoms with van der Waals surface area (Å²) >= 11 is 0. The van der Waals surface area contributed by atoms with Crippen molar-refractivity contribution in [1.82, 2.24) is 24.8 Å². The first-order valence-electron chi connectivity index (χ1n) is 12.1. The van der Waals surface area contributed by atoms with E-state index >= 15 is 0 Å². The van der Waals surface area contributed by atoms with Gasteiger partial charge in [0.05, 0.1) is 12.6 Å². The molecule has 0 aromatic carbocycles. The summed E-state index contributed by atoms with van der Waals surface area (Å²) in [4.78, 5) is 30.3. The van der Waals surface area contributed by atoms with Gasteiger partial charge in [-0.05, 0) is 38.8 Å². The van der Waals surface area contributed by atoms with Gasteiger partial charge in [0, 0.05) is 68.5 Å². The van der Waals surface area contributed by atoms with Crippen molar-refractivity contribution < 1.29 is 19.4 Å². The number of ether oxygens (including phenoxy) is 2. The molecule has 0 unspecified atom stereocenters. The SMILES string of the molecule is C[C@@H]1CN([C@H](C)CO)C(=O)c2cc(-c3cncnc3)cnc2O[C@H]1CN(C)CC1CCOCC1. The van der Waals surface area contributed by atoms with E-state index in [1.54, 1.807) is 29.6 Å². The highest BCUT2D eigenvalue weighted by atomic mass is 16.5. The number of carbonyl (C=O) groups excluding carboxylic acids is 1. The van der Waals surface area contributed by atoms with E-state index in [0.717, 1.165) is 50.3 Å². The molecule has 1 N–H and O–H groups in total. The van der Waals surface area contributed by atoms with E-state index in [4.69, 9.17) is 9.47 Å². The quantitative estimate of drug-likeness (QED) is 0.658. The van der Waals surface area contributed by atoms with Crippen molar-refractivity contribution in [2.24, 2.45) is 11.8 Å². The van der Waals surface area contributed by atoms with Crippen LogP contribution in [0.15, 0.2) is 31.0 Å². The van der Waals surface area contributed by atoms with E-state index in [1.807, 2.05) is 6.92 Å². The molecule has 3 atom stereocenters. The van der Waals surface area contributed by atoms with Crippen LogP contribution in [0, 0.1) is 11.8 Å². The zero-order valence-corrected chi connectivity index (χ0v) is 20.3. The molecule has 2 aromatic heterocycles. The fourth-order valence-corrected chi connectivity index (χ4v) is 4.68. The van der Waals surface area contributed by atoms with Gasteiger partial charge in [0.15, 0.2) is 0 Å². The summed E-state index contributed by atoms with van der Waals surface area (Å²) in [6.45, 7) is 7.72. The zero-order valence-electron chi connectivity index (χ0n) is 20.3. The average Bonchev–Trinajstić information content (AvgIpc) is 2.86. The minimum atomic E-state index is -0.315. The van der Waals surface area contributed by atoms with Crippen LogP contribution in [0.4, 0.5) is 0 Å². The molecule has 0 spiro atoms. The van der Waals surface area contributed by atoms with Crippen molar-refractivity contribution in [3.8, 4) is 17.0 Å². The van der Waals surface area contributed by atoms with Gasteiger partial charge in [0.2, 0.25) is 5.88 Å². The van der Waals surface area contributed by atoms with Gasteiger partial charge in [-0.25, -0.2) is 15.0 Å². The second-order valence-corrected chi connectivity index (χ2v) is 9.60. The van der Waals surface area contributed by atoms with E-state index in [0.29, 0.717) is 23.9 Å². The highest BCUT2D eigenvalue weighted by Gasteiger charge is 2.34. The Balaban J connectivity index is 1.61. The third-order valence-corrected chi connectivity index (χ3v) is 6.82. The summed E-state index contributed by atoms with van der Waals surface area (Å²) in [5.74, 6) is 0.823. The van der Waals surface area contributed by atoms with Crippen LogP contribution >= 0.6 is 0 Å². The lowest BCUT2D eigenvalue weighted by atomic mass is 9.97. The molecule has 2 aliphatic heterocycles. The second-order valence-electron chi connectivity index (χ2n) is 9.60. The van der Waals surface area contributed by atoms with E-state index < -0.39 is 0 Å². The number of rotatable bonds is 7. The summed E-state index contributed by atoms with van der Waals surface area (Å²) in [5, 5.41) is 9.85. The summed E-state index contributed by atoms with van der Waals surface area (Å²) in [6.07, 6.45) is 8.55. The molecule has 1 amide bonds. The molecule has 2 aromatic rings. The van der Waals surface area contributed by atoms with Gasteiger partial charge in [0.1, 0.15) is 18.0 Å². The van der Waals surface area contributed by atoms with E-state index in [2.05, 4.69) is 33.8 Å². The van der Waals surface area contributed by atoms with Gasteiger partial charge < -0.3 is 24.4 Å². The molecule has 0 bridgehead atoms. The maximum absolute atomic E-state index is 13.6. The Bertz CT molecular complexity index is 954. The van der Waals surface area contributed by atoms with Gasteiger partial charge in [-0.2, -0.15) is 0 Å². The summed E-state index contributed by atoms with van der Waals surface area (Å²) in [7, 11) is 2.12. The molecule has 34 heavy (non-hydrogen) atoms. The first-order chi connectivity index (χ1) is 16.5. The third-order valence-electron chi connectivity index (χ3n) is 6.82. The third kappa shape index (κ3) is 5.71. The van der Waals surface area contributed by atoms with Gasteiger partial charge in [-0.1, -0.05) is 6.92 Å². The maximum atomic E-state index is 13.6. The highest BCUT2D eigenvalue weighted by molar-refractivity contribution is 5.98. The van der Waals surface area contributed by atoms with Crippen LogP contribution in [0.2, 0.25) is 0 Å². The number of likely N-dealkylation sites (N-methyl/N-ethyl adjacent to an activating group) is 1. The predicted molar refractivity (Wildman–Crippen MR) is 127 cm³/mol. The minimum Gasteiger partial charge on any atom is -0.472 e. The molecule has 4 heterocycles. The van der Waals surface area contributed by atoms with Gasteiger partial charge in [-0.15, -0.1) is 0 Å². The number of aromatic nitrogens is 3. The summed E-state index contributed by atoms with van der Waals surface area (Å²) in [6, 6.07) is 1.48. The smallest absolute Gasteiger partial charge is 0.259 e. The molecule has 4 rings (SSSR count). The Labute approximate surface area is 201 Å². The fraction of sp³-hybridized carbons (Fsp3) is 0.600. The van der Waals surface area contributed by atoms with Crippen molar-refractivity contribution in [1.29, 1.82) is 0 Å². The number of hydrogen-bond acceptors (Lipinski definition) is 8.